The zero-order valence-corrected chi connectivity index (χ0v) is 13.9. The molecule has 128 valence electrons. The molecule has 1 atom stereocenters. The van der Waals surface area contributed by atoms with Crippen molar-refractivity contribution in [3.63, 3.8) is 0 Å². The molecule has 6 nitrogen and oxygen atoms in total. The van der Waals surface area contributed by atoms with Crippen LogP contribution in [0.25, 0.3) is 0 Å². The Bertz CT molecular complexity index is 835. The zero-order valence-electron chi connectivity index (χ0n) is 13.1. The number of anilines is 2. The standard InChI is InChI=1S/C18H15ClN2O4/c19-13-3-1-2-4-14(13)20-15-10-16(22)21(18(15)25)12-7-5-11(6-8-12)9-17(23)24/h1-8,15,20H,9-10H2,(H,23,24). The first-order chi connectivity index (χ1) is 12.0. The number of aliphatic carboxylic acids is 1. The average molecular weight is 359 g/mol. The first-order valence-electron chi connectivity index (χ1n) is 7.64. The highest BCUT2D eigenvalue weighted by Gasteiger charge is 2.39. The third-order valence-corrected chi connectivity index (χ3v) is 4.23. The number of imide groups is 1. The summed E-state index contributed by atoms with van der Waals surface area (Å²) in [7, 11) is 0. The van der Waals surface area contributed by atoms with Crippen LogP contribution in [0, 0.1) is 0 Å². The number of carbonyl (C=O) groups excluding carboxylic acids is 2. The Labute approximate surface area is 149 Å². The first-order valence-corrected chi connectivity index (χ1v) is 8.02. The third kappa shape index (κ3) is 3.64. The second-order valence-electron chi connectivity index (χ2n) is 5.69. The predicted molar refractivity (Wildman–Crippen MR) is 93.8 cm³/mol. The summed E-state index contributed by atoms with van der Waals surface area (Å²) in [6.07, 6.45) is -0.0835. The quantitative estimate of drug-likeness (QED) is 0.802. The second kappa shape index (κ2) is 6.94. The van der Waals surface area contributed by atoms with Crippen molar-refractivity contribution >= 4 is 40.8 Å². The highest BCUT2D eigenvalue weighted by Crippen LogP contribution is 2.28. The van der Waals surface area contributed by atoms with Crippen molar-refractivity contribution in [1.82, 2.24) is 0 Å². The van der Waals surface area contributed by atoms with Gasteiger partial charge in [-0.15, -0.1) is 0 Å². The molecule has 0 saturated carbocycles. The van der Waals surface area contributed by atoms with Gasteiger partial charge in [-0.1, -0.05) is 35.9 Å². The van der Waals surface area contributed by atoms with E-state index in [1.807, 2.05) is 0 Å². The fraction of sp³-hybridized carbons (Fsp3) is 0.167. The van der Waals surface area contributed by atoms with Gasteiger partial charge in [-0.05, 0) is 29.8 Å². The normalized spacial score (nSPS) is 17.0. The first kappa shape index (κ1) is 17.0. The topological polar surface area (TPSA) is 86.7 Å². The molecule has 2 aromatic rings. The fourth-order valence-corrected chi connectivity index (χ4v) is 2.91. The molecule has 1 aliphatic heterocycles. The lowest BCUT2D eigenvalue weighted by molar-refractivity contribution is -0.136. The van der Waals surface area contributed by atoms with E-state index in [2.05, 4.69) is 5.32 Å². The lowest BCUT2D eigenvalue weighted by atomic mass is 10.1. The summed E-state index contributed by atoms with van der Waals surface area (Å²) in [6.45, 7) is 0. The summed E-state index contributed by atoms with van der Waals surface area (Å²) < 4.78 is 0. The number of rotatable bonds is 5. The van der Waals surface area contributed by atoms with E-state index in [9.17, 15) is 14.4 Å². The van der Waals surface area contributed by atoms with Crippen LogP contribution in [0.3, 0.4) is 0 Å². The van der Waals surface area contributed by atoms with Gasteiger partial charge < -0.3 is 10.4 Å². The minimum Gasteiger partial charge on any atom is -0.481 e. The smallest absolute Gasteiger partial charge is 0.307 e. The minimum atomic E-state index is -0.940. The molecule has 1 heterocycles. The van der Waals surface area contributed by atoms with Gasteiger partial charge >= 0.3 is 5.97 Å². The SMILES string of the molecule is O=C(O)Cc1ccc(N2C(=O)CC(Nc3ccccc3Cl)C2=O)cc1. The molecule has 1 saturated heterocycles. The second-order valence-corrected chi connectivity index (χ2v) is 6.09. The Balaban J connectivity index is 1.77. The third-order valence-electron chi connectivity index (χ3n) is 3.90. The van der Waals surface area contributed by atoms with E-state index in [0.29, 0.717) is 22.0 Å². The number of benzene rings is 2. The van der Waals surface area contributed by atoms with E-state index in [0.717, 1.165) is 4.90 Å². The largest absolute Gasteiger partial charge is 0.481 e. The summed E-state index contributed by atoms with van der Waals surface area (Å²) in [5.41, 5.74) is 1.61. The molecule has 25 heavy (non-hydrogen) atoms. The number of nitrogens with one attached hydrogen (secondary N) is 1. The minimum absolute atomic E-state index is 0.0287. The molecular formula is C18H15ClN2O4. The van der Waals surface area contributed by atoms with Gasteiger partial charge in [-0.3, -0.25) is 14.4 Å². The van der Waals surface area contributed by atoms with Gasteiger partial charge in [0.05, 0.1) is 29.2 Å². The molecular weight excluding hydrogens is 344 g/mol. The molecule has 7 heteroatoms. The molecule has 0 aliphatic carbocycles. The van der Waals surface area contributed by atoms with Crippen LogP contribution < -0.4 is 10.2 Å². The Morgan fingerprint density at radius 1 is 1.16 bits per heavy atom. The molecule has 2 N–H and O–H groups in total. The van der Waals surface area contributed by atoms with Gasteiger partial charge in [0.1, 0.15) is 6.04 Å². The maximum atomic E-state index is 12.6. The molecule has 0 radical (unpaired) electrons. The fourth-order valence-electron chi connectivity index (χ4n) is 2.72. The van der Waals surface area contributed by atoms with Crippen LogP contribution in [0.4, 0.5) is 11.4 Å². The molecule has 3 rings (SSSR count). The van der Waals surface area contributed by atoms with Gasteiger partial charge in [0.2, 0.25) is 5.91 Å². The number of hydrogen-bond acceptors (Lipinski definition) is 4. The van der Waals surface area contributed by atoms with Crippen molar-refractivity contribution in [1.29, 1.82) is 0 Å². The molecule has 0 bridgehead atoms. The van der Waals surface area contributed by atoms with Gasteiger partial charge in [0, 0.05) is 0 Å². The molecule has 1 unspecified atom stereocenters. The van der Waals surface area contributed by atoms with Crippen molar-refractivity contribution in [2.75, 3.05) is 10.2 Å². The van der Waals surface area contributed by atoms with Gasteiger partial charge in [-0.25, -0.2) is 4.90 Å². The number of para-hydroxylation sites is 1. The number of carboxylic acids is 1. The Kier molecular flexibility index (Phi) is 4.72. The Hall–Kier alpha value is -2.86. The van der Waals surface area contributed by atoms with Crippen molar-refractivity contribution < 1.29 is 19.5 Å². The molecule has 0 spiro atoms. The van der Waals surface area contributed by atoms with E-state index in [1.54, 1.807) is 48.5 Å². The maximum Gasteiger partial charge on any atom is 0.307 e. The number of carboxylic acid groups (broad SMARTS) is 1. The average Bonchev–Trinajstić information content (AvgIpc) is 2.84. The molecule has 1 aliphatic rings. The van der Waals surface area contributed by atoms with E-state index in [1.165, 1.54) is 0 Å². The van der Waals surface area contributed by atoms with Crippen LogP contribution in [0.1, 0.15) is 12.0 Å². The van der Waals surface area contributed by atoms with Crippen LogP contribution in [-0.4, -0.2) is 28.9 Å². The molecule has 1 fully saturated rings. The highest BCUT2D eigenvalue weighted by atomic mass is 35.5. The van der Waals surface area contributed by atoms with Crippen LogP contribution in [0.2, 0.25) is 5.02 Å². The van der Waals surface area contributed by atoms with Crippen LogP contribution in [-0.2, 0) is 20.8 Å². The summed E-state index contributed by atoms with van der Waals surface area (Å²) in [4.78, 5) is 36.7. The van der Waals surface area contributed by atoms with E-state index in [4.69, 9.17) is 16.7 Å². The molecule has 2 amide bonds. The number of halogens is 1. The van der Waals surface area contributed by atoms with Crippen molar-refractivity contribution in [2.45, 2.75) is 18.9 Å². The number of hydrogen-bond donors (Lipinski definition) is 2. The lowest BCUT2D eigenvalue weighted by Gasteiger charge is -2.17. The number of carbonyl (C=O) groups is 3. The highest BCUT2D eigenvalue weighted by molar-refractivity contribution is 6.33. The number of amides is 2. The summed E-state index contributed by atoms with van der Waals surface area (Å²) in [5.74, 6) is -1.62. The van der Waals surface area contributed by atoms with Gasteiger partial charge in [-0.2, -0.15) is 0 Å². The lowest BCUT2D eigenvalue weighted by Crippen LogP contribution is -2.34. The van der Waals surface area contributed by atoms with Crippen LogP contribution >= 0.6 is 11.6 Å². The number of nitrogens with zero attached hydrogens (tertiary/aromatic N) is 1. The van der Waals surface area contributed by atoms with E-state index >= 15 is 0 Å². The monoisotopic (exact) mass is 358 g/mol. The van der Waals surface area contributed by atoms with E-state index < -0.39 is 12.0 Å². The van der Waals surface area contributed by atoms with Crippen molar-refractivity contribution in [3.8, 4) is 0 Å². The van der Waals surface area contributed by atoms with Gasteiger partial charge in [0.15, 0.2) is 0 Å². The zero-order chi connectivity index (χ0) is 18.0. The maximum absolute atomic E-state index is 12.6. The predicted octanol–water partition coefficient (Wildman–Crippen LogP) is 2.71. The summed E-state index contributed by atoms with van der Waals surface area (Å²) in [6, 6.07) is 12.7. The molecule has 2 aromatic carbocycles. The van der Waals surface area contributed by atoms with Crippen molar-refractivity contribution in [3.05, 3.63) is 59.1 Å². The van der Waals surface area contributed by atoms with E-state index in [-0.39, 0.29) is 24.7 Å². The molecule has 0 aromatic heterocycles. The van der Waals surface area contributed by atoms with Gasteiger partial charge in [0.25, 0.3) is 5.91 Å². The summed E-state index contributed by atoms with van der Waals surface area (Å²) >= 11 is 6.08. The van der Waals surface area contributed by atoms with Crippen LogP contribution in [0.5, 0.6) is 0 Å². The Morgan fingerprint density at radius 2 is 1.84 bits per heavy atom. The van der Waals surface area contributed by atoms with Crippen LogP contribution in [0.15, 0.2) is 48.5 Å². The summed E-state index contributed by atoms with van der Waals surface area (Å²) in [5, 5.41) is 12.3. The van der Waals surface area contributed by atoms with Crippen molar-refractivity contribution in [2.24, 2.45) is 0 Å². The Morgan fingerprint density at radius 3 is 2.48 bits per heavy atom.